The van der Waals surface area contributed by atoms with Crippen molar-refractivity contribution in [1.29, 1.82) is 0 Å². The van der Waals surface area contributed by atoms with Crippen molar-refractivity contribution in [3.05, 3.63) is 34.4 Å². The normalized spacial score (nSPS) is 10.4. The molecule has 0 aliphatic heterocycles. The lowest BCUT2D eigenvalue weighted by Crippen LogP contribution is -1.85. The summed E-state index contributed by atoms with van der Waals surface area (Å²) in [5.74, 6) is -0.0137. The molecule has 1 aromatic heterocycles. The Balaban J connectivity index is 2.69. The third-order valence-corrected chi connectivity index (χ3v) is 2.87. The van der Waals surface area contributed by atoms with Crippen LogP contribution >= 0.6 is 15.9 Å². The van der Waals surface area contributed by atoms with Crippen LogP contribution in [0.25, 0.3) is 11.3 Å². The van der Waals surface area contributed by atoms with Gasteiger partial charge in [0.05, 0.1) is 10.2 Å². The molecule has 0 saturated heterocycles. The van der Waals surface area contributed by atoms with E-state index >= 15 is 0 Å². The molecule has 0 atom stereocenters. The van der Waals surface area contributed by atoms with Crippen LogP contribution in [0.15, 0.2) is 28.9 Å². The first-order valence-electron chi connectivity index (χ1n) is 4.16. The van der Waals surface area contributed by atoms with E-state index in [4.69, 9.17) is 0 Å². The molecule has 1 aromatic carbocycles. The van der Waals surface area contributed by atoms with E-state index in [0.717, 1.165) is 16.8 Å². The minimum absolute atomic E-state index is 0.0137. The highest BCUT2D eigenvalue weighted by Gasteiger charge is 2.12. The number of nitrogens with zero attached hydrogens (tertiary/aromatic N) is 1. The van der Waals surface area contributed by atoms with Gasteiger partial charge in [0.1, 0.15) is 0 Å². The SMILES string of the molecule is Cc1ccc([O])c(Br)c1-c1ccn[nH]1. The van der Waals surface area contributed by atoms with Gasteiger partial charge in [0, 0.05) is 11.8 Å². The molecule has 4 heteroatoms. The predicted molar refractivity (Wildman–Crippen MR) is 56.6 cm³/mol. The molecule has 0 bridgehead atoms. The fourth-order valence-electron chi connectivity index (χ4n) is 1.38. The molecular weight excluding hydrogens is 244 g/mol. The lowest BCUT2D eigenvalue weighted by Gasteiger charge is -2.06. The summed E-state index contributed by atoms with van der Waals surface area (Å²) in [6, 6.07) is 5.20. The van der Waals surface area contributed by atoms with E-state index < -0.39 is 0 Å². The minimum Gasteiger partial charge on any atom is -0.289 e. The summed E-state index contributed by atoms with van der Waals surface area (Å²) >= 11 is 3.29. The summed E-state index contributed by atoms with van der Waals surface area (Å²) in [6.45, 7) is 1.96. The highest BCUT2D eigenvalue weighted by atomic mass is 79.9. The van der Waals surface area contributed by atoms with E-state index in [1.54, 1.807) is 12.3 Å². The molecule has 0 spiro atoms. The van der Waals surface area contributed by atoms with Gasteiger partial charge in [-0.3, -0.25) is 10.2 Å². The van der Waals surface area contributed by atoms with Crippen molar-refractivity contribution in [2.24, 2.45) is 0 Å². The smallest absolute Gasteiger partial charge is 0.193 e. The van der Waals surface area contributed by atoms with E-state index in [2.05, 4.69) is 26.1 Å². The molecule has 1 radical (unpaired) electrons. The largest absolute Gasteiger partial charge is 0.289 e. The van der Waals surface area contributed by atoms with Crippen molar-refractivity contribution >= 4 is 15.9 Å². The first-order valence-corrected chi connectivity index (χ1v) is 4.95. The van der Waals surface area contributed by atoms with Crippen LogP contribution in [0.1, 0.15) is 5.56 Å². The van der Waals surface area contributed by atoms with Crippen LogP contribution in [-0.4, -0.2) is 10.2 Å². The molecular formula is C10H8BrN2O. The van der Waals surface area contributed by atoms with Crippen LogP contribution in [0.2, 0.25) is 0 Å². The van der Waals surface area contributed by atoms with E-state index in [0.29, 0.717) is 4.47 Å². The first-order chi connectivity index (χ1) is 6.70. The number of hydrogen-bond acceptors (Lipinski definition) is 1. The minimum atomic E-state index is -0.0137. The summed E-state index contributed by atoms with van der Waals surface area (Å²) in [4.78, 5) is 0. The van der Waals surface area contributed by atoms with E-state index in [-0.39, 0.29) is 5.75 Å². The van der Waals surface area contributed by atoms with Crippen LogP contribution in [-0.2, 0) is 5.11 Å². The van der Waals surface area contributed by atoms with Gasteiger partial charge in [-0.2, -0.15) is 5.10 Å². The lowest BCUT2D eigenvalue weighted by molar-refractivity contribution is 0.352. The number of aromatic amines is 1. The third-order valence-electron chi connectivity index (χ3n) is 2.08. The number of aryl methyl sites for hydroxylation is 1. The van der Waals surface area contributed by atoms with Crippen molar-refractivity contribution in [2.45, 2.75) is 6.92 Å². The van der Waals surface area contributed by atoms with Crippen LogP contribution in [0, 0.1) is 6.92 Å². The van der Waals surface area contributed by atoms with Crippen molar-refractivity contribution in [2.75, 3.05) is 0 Å². The molecule has 0 aliphatic carbocycles. The number of H-pyrrole nitrogens is 1. The first kappa shape index (κ1) is 9.27. The van der Waals surface area contributed by atoms with Gasteiger partial charge in [0.2, 0.25) is 0 Å². The fraction of sp³-hybridized carbons (Fsp3) is 0.100. The van der Waals surface area contributed by atoms with Gasteiger partial charge in [-0.25, -0.2) is 0 Å². The standard InChI is InChI=1S/C10H8BrN2O/c1-6-2-3-8(14)10(11)9(6)7-4-5-12-13-7/h2-5H,1H3,(H,12,13). The van der Waals surface area contributed by atoms with Crippen molar-refractivity contribution < 1.29 is 5.11 Å². The molecule has 0 unspecified atom stereocenters. The molecule has 0 fully saturated rings. The Morgan fingerprint density at radius 2 is 2.14 bits per heavy atom. The number of hydrogen-bond donors (Lipinski definition) is 1. The Bertz CT molecular complexity index is 451. The molecule has 0 aliphatic rings. The number of nitrogens with one attached hydrogen (secondary N) is 1. The molecule has 1 N–H and O–H groups in total. The summed E-state index contributed by atoms with van der Waals surface area (Å²) in [7, 11) is 0. The van der Waals surface area contributed by atoms with Gasteiger partial charge < -0.3 is 0 Å². The van der Waals surface area contributed by atoms with Crippen molar-refractivity contribution in [1.82, 2.24) is 10.2 Å². The van der Waals surface area contributed by atoms with Gasteiger partial charge in [-0.1, -0.05) is 6.07 Å². The van der Waals surface area contributed by atoms with Crippen LogP contribution in [0.3, 0.4) is 0 Å². The van der Waals surface area contributed by atoms with Gasteiger partial charge in [-0.05, 0) is 40.5 Å². The average molecular weight is 252 g/mol. The van der Waals surface area contributed by atoms with Gasteiger partial charge in [0.25, 0.3) is 0 Å². The monoisotopic (exact) mass is 251 g/mol. The maximum absolute atomic E-state index is 11.4. The molecule has 2 rings (SSSR count). The van der Waals surface area contributed by atoms with E-state index in [1.807, 2.05) is 19.1 Å². The van der Waals surface area contributed by atoms with E-state index in [1.165, 1.54) is 0 Å². The summed E-state index contributed by atoms with van der Waals surface area (Å²) < 4.78 is 0.585. The maximum Gasteiger partial charge on any atom is 0.193 e. The lowest BCUT2D eigenvalue weighted by atomic mass is 10.1. The zero-order chi connectivity index (χ0) is 10.1. The number of rotatable bonds is 1. The molecule has 71 valence electrons. The second-order valence-electron chi connectivity index (χ2n) is 3.04. The molecule has 0 amide bonds. The number of benzene rings is 1. The van der Waals surface area contributed by atoms with Crippen LogP contribution in [0.5, 0.6) is 5.75 Å². The van der Waals surface area contributed by atoms with Gasteiger partial charge >= 0.3 is 0 Å². The van der Waals surface area contributed by atoms with Crippen molar-refractivity contribution in [3.63, 3.8) is 0 Å². The van der Waals surface area contributed by atoms with E-state index in [9.17, 15) is 5.11 Å². The Kier molecular flexibility index (Phi) is 2.29. The fourth-order valence-corrected chi connectivity index (χ4v) is 2.04. The Labute approximate surface area is 89.9 Å². The molecule has 0 saturated carbocycles. The molecule has 14 heavy (non-hydrogen) atoms. The number of halogens is 1. The second-order valence-corrected chi connectivity index (χ2v) is 3.83. The Morgan fingerprint density at radius 1 is 1.36 bits per heavy atom. The number of aromatic nitrogens is 2. The van der Waals surface area contributed by atoms with Gasteiger partial charge in [0.15, 0.2) is 5.75 Å². The van der Waals surface area contributed by atoms with Gasteiger partial charge in [-0.15, -0.1) is 0 Å². The summed E-state index contributed by atoms with van der Waals surface area (Å²) in [5.41, 5.74) is 2.78. The van der Waals surface area contributed by atoms with Crippen LogP contribution < -0.4 is 0 Å². The zero-order valence-corrected chi connectivity index (χ0v) is 9.13. The molecule has 2 aromatic rings. The summed E-state index contributed by atoms with van der Waals surface area (Å²) in [5, 5.41) is 18.1. The Morgan fingerprint density at radius 3 is 2.79 bits per heavy atom. The van der Waals surface area contributed by atoms with Crippen molar-refractivity contribution in [3.8, 4) is 17.0 Å². The molecule has 3 nitrogen and oxygen atoms in total. The quantitative estimate of drug-likeness (QED) is 0.831. The van der Waals surface area contributed by atoms with Crippen LogP contribution in [0.4, 0.5) is 0 Å². The topological polar surface area (TPSA) is 48.6 Å². The summed E-state index contributed by atoms with van der Waals surface area (Å²) in [6.07, 6.45) is 1.67. The molecule has 1 heterocycles. The highest BCUT2D eigenvalue weighted by molar-refractivity contribution is 9.10. The average Bonchev–Trinajstić information content (AvgIpc) is 2.65. The zero-order valence-electron chi connectivity index (χ0n) is 7.54. The third kappa shape index (κ3) is 1.42. The Hall–Kier alpha value is -1.29. The highest BCUT2D eigenvalue weighted by Crippen LogP contribution is 2.36. The second kappa shape index (κ2) is 3.46. The maximum atomic E-state index is 11.4. The predicted octanol–water partition coefficient (Wildman–Crippen LogP) is 3.29.